The van der Waals surface area contributed by atoms with Crippen LogP contribution in [0.5, 0.6) is 11.5 Å². The van der Waals surface area contributed by atoms with E-state index in [1.807, 2.05) is 54.5 Å². The molecule has 6 nitrogen and oxygen atoms in total. The minimum absolute atomic E-state index is 0.0452. The average molecular weight is 485 g/mol. The Labute approximate surface area is 202 Å². The first-order valence-electron chi connectivity index (χ1n) is 10.9. The fourth-order valence-electron chi connectivity index (χ4n) is 4.01. The summed E-state index contributed by atoms with van der Waals surface area (Å²) in [5.74, 6) is 1.25. The molecule has 4 rings (SSSR count). The van der Waals surface area contributed by atoms with Crippen molar-refractivity contribution in [3.63, 3.8) is 0 Å². The highest BCUT2D eigenvalue weighted by Gasteiger charge is 2.34. The SMILES string of the molecule is COc1cccc(OCC2c3ccsc3CCN2C(=O)CN(C(=O)c2cccs2)C(C)C)c1. The van der Waals surface area contributed by atoms with E-state index in [4.69, 9.17) is 9.47 Å². The van der Waals surface area contributed by atoms with Crippen LogP contribution in [0.4, 0.5) is 0 Å². The van der Waals surface area contributed by atoms with Crippen molar-refractivity contribution in [1.29, 1.82) is 0 Å². The molecule has 2 aromatic heterocycles. The van der Waals surface area contributed by atoms with E-state index in [9.17, 15) is 9.59 Å². The van der Waals surface area contributed by atoms with E-state index in [0.717, 1.165) is 17.7 Å². The van der Waals surface area contributed by atoms with Crippen LogP contribution in [-0.4, -0.2) is 54.5 Å². The summed E-state index contributed by atoms with van der Waals surface area (Å²) in [5, 5.41) is 3.94. The number of hydrogen-bond acceptors (Lipinski definition) is 6. The molecule has 0 aliphatic carbocycles. The Morgan fingerprint density at radius 1 is 1.12 bits per heavy atom. The molecule has 0 radical (unpaired) electrons. The number of thiophene rings is 2. The van der Waals surface area contributed by atoms with Gasteiger partial charge in [-0.05, 0) is 60.9 Å². The molecule has 3 heterocycles. The molecule has 1 atom stereocenters. The maximum Gasteiger partial charge on any atom is 0.264 e. The van der Waals surface area contributed by atoms with E-state index in [2.05, 4.69) is 11.4 Å². The summed E-state index contributed by atoms with van der Waals surface area (Å²) < 4.78 is 11.4. The maximum atomic E-state index is 13.5. The number of amides is 2. The molecule has 1 aromatic carbocycles. The first kappa shape index (κ1) is 23.3. The summed E-state index contributed by atoms with van der Waals surface area (Å²) in [7, 11) is 1.62. The smallest absolute Gasteiger partial charge is 0.264 e. The Morgan fingerprint density at radius 3 is 2.67 bits per heavy atom. The molecule has 0 fully saturated rings. The van der Waals surface area contributed by atoms with E-state index >= 15 is 0 Å². The second-order valence-corrected chi connectivity index (χ2v) is 10.1. The van der Waals surface area contributed by atoms with Gasteiger partial charge < -0.3 is 19.3 Å². The van der Waals surface area contributed by atoms with Crippen LogP contribution in [-0.2, 0) is 11.2 Å². The lowest BCUT2D eigenvalue weighted by molar-refractivity contribution is -0.136. The van der Waals surface area contributed by atoms with Crippen molar-refractivity contribution in [3.05, 3.63) is 68.5 Å². The summed E-state index contributed by atoms with van der Waals surface area (Å²) in [4.78, 5) is 32.0. The Bertz CT molecular complexity index is 1090. The molecule has 0 saturated carbocycles. The molecule has 1 aliphatic heterocycles. The molecule has 2 amide bonds. The Morgan fingerprint density at radius 2 is 1.94 bits per heavy atom. The van der Waals surface area contributed by atoms with Crippen molar-refractivity contribution < 1.29 is 19.1 Å². The van der Waals surface area contributed by atoms with E-state index in [-0.39, 0.29) is 30.4 Å². The zero-order valence-electron chi connectivity index (χ0n) is 19.0. The van der Waals surface area contributed by atoms with E-state index < -0.39 is 0 Å². The summed E-state index contributed by atoms with van der Waals surface area (Å²) in [6.07, 6.45) is 0.814. The van der Waals surface area contributed by atoms with Gasteiger partial charge in [-0.15, -0.1) is 22.7 Å². The fourth-order valence-corrected chi connectivity index (χ4v) is 5.62. The van der Waals surface area contributed by atoms with Crippen LogP contribution in [0, 0.1) is 0 Å². The Hall–Kier alpha value is -2.84. The molecule has 0 saturated heterocycles. The topological polar surface area (TPSA) is 59.1 Å². The van der Waals surface area contributed by atoms with E-state index in [1.54, 1.807) is 29.4 Å². The van der Waals surface area contributed by atoms with Gasteiger partial charge in [-0.2, -0.15) is 0 Å². The Balaban J connectivity index is 1.52. The number of carbonyl (C=O) groups is 2. The summed E-state index contributed by atoms with van der Waals surface area (Å²) in [5.41, 5.74) is 1.13. The number of rotatable bonds is 8. The van der Waals surface area contributed by atoms with Crippen molar-refractivity contribution in [2.45, 2.75) is 32.4 Å². The summed E-state index contributed by atoms with van der Waals surface area (Å²) >= 11 is 3.11. The van der Waals surface area contributed by atoms with Crippen LogP contribution in [0.3, 0.4) is 0 Å². The molecular formula is C25H28N2O4S2. The molecule has 1 unspecified atom stereocenters. The maximum absolute atomic E-state index is 13.5. The second-order valence-electron chi connectivity index (χ2n) is 8.15. The fraction of sp³-hybridized carbons (Fsp3) is 0.360. The predicted octanol–water partition coefficient (Wildman–Crippen LogP) is 4.87. The van der Waals surface area contributed by atoms with Crippen LogP contribution in [0.25, 0.3) is 0 Å². The van der Waals surface area contributed by atoms with Gasteiger partial charge in [0.1, 0.15) is 24.7 Å². The average Bonchev–Trinajstić information content (AvgIpc) is 3.52. The second kappa shape index (κ2) is 10.4. The first-order valence-corrected chi connectivity index (χ1v) is 12.7. The van der Waals surface area contributed by atoms with Crippen molar-refractivity contribution in [2.24, 2.45) is 0 Å². The Kier molecular flexibility index (Phi) is 7.35. The van der Waals surface area contributed by atoms with Gasteiger partial charge in [-0.1, -0.05) is 12.1 Å². The number of ether oxygens (including phenoxy) is 2. The largest absolute Gasteiger partial charge is 0.497 e. The van der Waals surface area contributed by atoms with Crippen molar-refractivity contribution in [3.8, 4) is 11.5 Å². The lowest BCUT2D eigenvalue weighted by Gasteiger charge is -2.37. The highest BCUT2D eigenvalue weighted by Crippen LogP contribution is 2.34. The van der Waals surface area contributed by atoms with Gasteiger partial charge in [0.25, 0.3) is 5.91 Å². The third kappa shape index (κ3) is 5.23. The zero-order valence-corrected chi connectivity index (χ0v) is 20.7. The van der Waals surface area contributed by atoms with Crippen molar-refractivity contribution in [2.75, 3.05) is 26.8 Å². The van der Waals surface area contributed by atoms with Crippen LogP contribution in [0.15, 0.2) is 53.2 Å². The normalized spacial score (nSPS) is 15.3. The molecule has 0 spiro atoms. The summed E-state index contributed by atoms with van der Waals surface area (Å²) in [6.45, 7) is 4.87. The van der Waals surface area contributed by atoms with Crippen LogP contribution >= 0.6 is 22.7 Å². The lowest BCUT2D eigenvalue weighted by atomic mass is 10.00. The molecule has 8 heteroatoms. The zero-order chi connectivity index (χ0) is 23.4. The number of nitrogens with zero attached hydrogens (tertiary/aromatic N) is 2. The van der Waals surface area contributed by atoms with Gasteiger partial charge >= 0.3 is 0 Å². The van der Waals surface area contributed by atoms with E-state index in [0.29, 0.717) is 23.8 Å². The highest BCUT2D eigenvalue weighted by molar-refractivity contribution is 7.12. The van der Waals surface area contributed by atoms with Crippen LogP contribution < -0.4 is 9.47 Å². The molecule has 33 heavy (non-hydrogen) atoms. The van der Waals surface area contributed by atoms with Gasteiger partial charge in [-0.3, -0.25) is 9.59 Å². The highest BCUT2D eigenvalue weighted by atomic mass is 32.1. The molecular weight excluding hydrogens is 456 g/mol. The molecule has 0 N–H and O–H groups in total. The van der Waals surface area contributed by atoms with Crippen LogP contribution in [0.2, 0.25) is 0 Å². The number of methoxy groups -OCH3 is 1. The molecule has 0 bridgehead atoms. The standard InChI is InChI=1S/C25H28N2O4S2/c1-17(2)27(25(29)23-8-5-12-32-23)15-24(28)26-11-9-22-20(10-13-33-22)21(26)16-31-19-7-4-6-18(14-19)30-3/h4-8,10,12-14,17,21H,9,11,15-16H2,1-3H3. The summed E-state index contributed by atoms with van der Waals surface area (Å²) in [6, 6.07) is 12.9. The molecule has 1 aliphatic rings. The van der Waals surface area contributed by atoms with Gasteiger partial charge in [0, 0.05) is 23.5 Å². The van der Waals surface area contributed by atoms with Gasteiger partial charge in [0.2, 0.25) is 5.91 Å². The molecule has 174 valence electrons. The van der Waals surface area contributed by atoms with Crippen molar-refractivity contribution in [1.82, 2.24) is 9.80 Å². The third-order valence-corrected chi connectivity index (χ3v) is 7.64. The number of benzene rings is 1. The quantitative estimate of drug-likeness (QED) is 0.458. The number of carbonyl (C=O) groups excluding carboxylic acids is 2. The number of fused-ring (bicyclic) bond motifs is 1. The van der Waals surface area contributed by atoms with Gasteiger partial charge in [0.15, 0.2) is 0 Å². The predicted molar refractivity (Wildman–Crippen MR) is 131 cm³/mol. The lowest BCUT2D eigenvalue weighted by Crippen LogP contribution is -2.49. The van der Waals surface area contributed by atoms with Crippen molar-refractivity contribution >= 4 is 34.5 Å². The van der Waals surface area contributed by atoms with Gasteiger partial charge in [0.05, 0.1) is 18.0 Å². The monoisotopic (exact) mass is 484 g/mol. The number of hydrogen-bond donors (Lipinski definition) is 0. The first-order chi connectivity index (χ1) is 16.0. The third-order valence-electron chi connectivity index (χ3n) is 5.79. The molecule has 3 aromatic rings. The minimum atomic E-state index is -0.204. The van der Waals surface area contributed by atoms with E-state index in [1.165, 1.54) is 16.2 Å². The minimum Gasteiger partial charge on any atom is -0.497 e. The van der Waals surface area contributed by atoms with Crippen LogP contribution in [0.1, 0.15) is 40.0 Å². The van der Waals surface area contributed by atoms with Gasteiger partial charge in [-0.25, -0.2) is 0 Å².